The normalized spacial score (nSPS) is 12.0. The summed E-state index contributed by atoms with van der Waals surface area (Å²) in [6.45, 7) is 4.66. The van der Waals surface area contributed by atoms with Gasteiger partial charge in [0, 0.05) is 18.7 Å². The molecule has 0 bridgehead atoms. The molecule has 0 aliphatic rings. The van der Waals surface area contributed by atoms with Crippen molar-refractivity contribution in [2.24, 2.45) is 0 Å². The van der Waals surface area contributed by atoms with Crippen molar-refractivity contribution in [3.63, 3.8) is 0 Å². The lowest BCUT2D eigenvalue weighted by atomic mass is 10.2. The highest BCUT2D eigenvalue weighted by molar-refractivity contribution is 5.46. The highest BCUT2D eigenvalue weighted by Gasteiger charge is 2.09. The summed E-state index contributed by atoms with van der Waals surface area (Å²) in [6, 6.07) is 7.27. The van der Waals surface area contributed by atoms with Gasteiger partial charge >= 0.3 is 0 Å². The van der Waals surface area contributed by atoms with E-state index in [4.69, 9.17) is 14.7 Å². The first-order chi connectivity index (χ1) is 9.06. The van der Waals surface area contributed by atoms with Crippen LogP contribution >= 0.6 is 0 Å². The lowest BCUT2D eigenvalue weighted by molar-refractivity contribution is 0.103. The van der Waals surface area contributed by atoms with Gasteiger partial charge in [0.25, 0.3) is 0 Å². The SMILES string of the molecule is COc1cc(C#N)ccc1OCC(O)CNC(C)C. The first-order valence-corrected chi connectivity index (χ1v) is 6.19. The average molecular weight is 264 g/mol. The topological polar surface area (TPSA) is 74.5 Å². The number of rotatable bonds is 7. The van der Waals surface area contributed by atoms with Gasteiger partial charge in [0.2, 0.25) is 0 Å². The molecule has 5 heteroatoms. The van der Waals surface area contributed by atoms with Gasteiger partial charge in [-0.15, -0.1) is 0 Å². The summed E-state index contributed by atoms with van der Waals surface area (Å²) >= 11 is 0. The lowest BCUT2D eigenvalue weighted by Crippen LogP contribution is -2.35. The maximum Gasteiger partial charge on any atom is 0.162 e. The second-order valence-corrected chi connectivity index (χ2v) is 4.51. The molecule has 0 spiro atoms. The number of aliphatic hydroxyl groups is 1. The largest absolute Gasteiger partial charge is 0.493 e. The van der Waals surface area contributed by atoms with Crippen LogP contribution in [0, 0.1) is 11.3 Å². The fourth-order valence-electron chi connectivity index (χ4n) is 1.47. The van der Waals surface area contributed by atoms with Crippen LogP contribution in [0.25, 0.3) is 0 Å². The molecule has 1 aromatic carbocycles. The number of nitriles is 1. The number of hydrogen-bond acceptors (Lipinski definition) is 5. The molecule has 0 saturated carbocycles. The van der Waals surface area contributed by atoms with E-state index in [0.717, 1.165) is 0 Å². The van der Waals surface area contributed by atoms with E-state index in [1.165, 1.54) is 7.11 Å². The maximum atomic E-state index is 9.74. The minimum atomic E-state index is -0.595. The number of aliphatic hydroxyl groups excluding tert-OH is 1. The summed E-state index contributed by atoms with van der Waals surface area (Å²) in [7, 11) is 1.51. The van der Waals surface area contributed by atoms with E-state index in [1.54, 1.807) is 18.2 Å². The Morgan fingerprint density at radius 1 is 1.37 bits per heavy atom. The zero-order valence-electron chi connectivity index (χ0n) is 11.5. The Bertz CT molecular complexity index is 441. The van der Waals surface area contributed by atoms with E-state index < -0.39 is 6.10 Å². The first kappa shape index (κ1) is 15.3. The molecule has 0 amide bonds. The van der Waals surface area contributed by atoms with E-state index >= 15 is 0 Å². The molecule has 0 aliphatic carbocycles. The monoisotopic (exact) mass is 264 g/mol. The number of nitrogens with zero attached hydrogens (tertiary/aromatic N) is 1. The van der Waals surface area contributed by atoms with E-state index in [1.807, 2.05) is 19.9 Å². The molecule has 5 nitrogen and oxygen atoms in total. The van der Waals surface area contributed by atoms with E-state index in [9.17, 15) is 5.11 Å². The fourth-order valence-corrected chi connectivity index (χ4v) is 1.47. The Morgan fingerprint density at radius 2 is 2.11 bits per heavy atom. The molecule has 1 unspecified atom stereocenters. The van der Waals surface area contributed by atoms with Crippen molar-refractivity contribution >= 4 is 0 Å². The third kappa shape index (κ3) is 5.16. The van der Waals surface area contributed by atoms with Crippen LogP contribution in [0.3, 0.4) is 0 Å². The summed E-state index contributed by atoms with van der Waals surface area (Å²) < 4.78 is 10.6. The Labute approximate surface area is 113 Å². The van der Waals surface area contributed by atoms with Crippen molar-refractivity contribution in [3.05, 3.63) is 23.8 Å². The van der Waals surface area contributed by atoms with Crippen molar-refractivity contribution in [1.82, 2.24) is 5.32 Å². The second-order valence-electron chi connectivity index (χ2n) is 4.51. The van der Waals surface area contributed by atoms with Crippen molar-refractivity contribution in [2.45, 2.75) is 26.0 Å². The molecule has 0 aromatic heterocycles. The molecular weight excluding hydrogens is 244 g/mol. The Hall–Kier alpha value is -1.77. The number of hydrogen-bond donors (Lipinski definition) is 2. The maximum absolute atomic E-state index is 9.74. The molecule has 0 heterocycles. The molecule has 0 aliphatic heterocycles. The number of benzene rings is 1. The Balaban J connectivity index is 2.55. The van der Waals surface area contributed by atoms with Gasteiger partial charge in [-0.1, -0.05) is 13.8 Å². The first-order valence-electron chi connectivity index (χ1n) is 6.19. The van der Waals surface area contributed by atoms with Gasteiger partial charge in [0.1, 0.15) is 12.7 Å². The van der Waals surface area contributed by atoms with Crippen molar-refractivity contribution in [2.75, 3.05) is 20.3 Å². The van der Waals surface area contributed by atoms with Crippen LogP contribution < -0.4 is 14.8 Å². The highest BCUT2D eigenvalue weighted by atomic mass is 16.5. The van der Waals surface area contributed by atoms with Crippen molar-refractivity contribution < 1.29 is 14.6 Å². The van der Waals surface area contributed by atoms with Gasteiger partial charge in [0.15, 0.2) is 11.5 Å². The number of ether oxygens (including phenoxy) is 2. The van der Waals surface area contributed by atoms with Crippen LogP contribution in [0.4, 0.5) is 0 Å². The van der Waals surface area contributed by atoms with Gasteiger partial charge in [-0.05, 0) is 12.1 Å². The number of nitrogens with one attached hydrogen (secondary N) is 1. The molecule has 104 valence electrons. The minimum Gasteiger partial charge on any atom is -0.493 e. The minimum absolute atomic E-state index is 0.169. The summed E-state index contributed by atoms with van der Waals surface area (Å²) in [5.74, 6) is 1.01. The second kappa shape index (κ2) is 7.62. The molecule has 1 aromatic rings. The lowest BCUT2D eigenvalue weighted by Gasteiger charge is -2.16. The third-order valence-electron chi connectivity index (χ3n) is 2.49. The zero-order chi connectivity index (χ0) is 14.3. The van der Waals surface area contributed by atoms with Gasteiger partial charge < -0.3 is 19.9 Å². The van der Waals surface area contributed by atoms with Gasteiger partial charge in [-0.3, -0.25) is 0 Å². The predicted molar refractivity (Wildman–Crippen MR) is 72.3 cm³/mol. The summed E-state index contributed by atoms with van der Waals surface area (Å²) in [4.78, 5) is 0. The molecule has 0 saturated heterocycles. The van der Waals surface area contributed by atoms with Crippen molar-refractivity contribution in [3.8, 4) is 17.6 Å². The van der Waals surface area contributed by atoms with Gasteiger partial charge in [-0.25, -0.2) is 0 Å². The molecule has 1 rings (SSSR count). The van der Waals surface area contributed by atoms with E-state index in [0.29, 0.717) is 29.6 Å². The molecule has 0 radical (unpaired) electrons. The van der Waals surface area contributed by atoms with Crippen LogP contribution in [0.1, 0.15) is 19.4 Å². The average Bonchev–Trinajstić information content (AvgIpc) is 2.42. The third-order valence-corrected chi connectivity index (χ3v) is 2.49. The molecular formula is C14H20N2O3. The van der Waals surface area contributed by atoms with Crippen LogP contribution in [-0.4, -0.2) is 37.5 Å². The van der Waals surface area contributed by atoms with E-state index in [-0.39, 0.29) is 6.61 Å². The van der Waals surface area contributed by atoms with Crippen molar-refractivity contribution in [1.29, 1.82) is 5.26 Å². The number of methoxy groups -OCH3 is 1. The van der Waals surface area contributed by atoms with Crippen LogP contribution in [0.15, 0.2) is 18.2 Å². The Kier molecular flexibility index (Phi) is 6.13. The van der Waals surface area contributed by atoms with Gasteiger partial charge in [0.05, 0.1) is 18.7 Å². The molecule has 2 N–H and O–H groups in total. The zero-order valence-corrected chi connectivity index (χ0v) is 11.5. The highest BCUT2D eigenvalue weighted by Crippen LogP contribution is 2.27. The quantitative estimate of drug-likeness (QED) is 0.776. The fraction of sp³-hybridized carbons (Fsp3) is 0.500. The molecule has 0 fully saturated rings. The summed E-state index contributed by atoms with van der Waals surface area (Å²) in [5.41, 5.74) is 0.506. The standard InChI is InChI=1S/C14H20N2O3/c1-10(2)16-8-12(17)9-19-13-5-4-11(7-15)6-14(13)18-3/h4-6,10,12,16-17H,8-9H2,1-3H3. The van der Waals surface area contributed by atoms with Crippen LogP contribution in [0.2, 0.25) is 0 Å². The smallest absolute Gasteiger partial charge is 0.162 e. The van der Waals surface area contributed by atoms with E-state index in [2.05, 4.69) is 5.32 Å². The van der Waals surface area contributed by atoms with Crippen LogP contribution in [-0.2, 0) is 0 Å². The van der Waals surface area contributed by atoms with Gasteiger partial charge in [-0.2, -0.15) is 5.26 Å². The Morgan fingerprint density at radius 3 is 2.68 bits per heavy atom. The summed E-state index contributed by atoms with van der Waals surface area (Å²) in [6.07, 6.45) is -0.595. The molecule has 1 atom stereocenters. The van der Waals surface area contributed by atoms with Crippen LogP contribution in [0.5, 0.6) is 11.5 Å². The molecule has 19 heavy (non-hydrogen) atoms. The summed E-state index contributed by atoms with van der Waals surface area (Å²) in [5, 5.41) is 21.7. The predicted octanol–water partition coefficient (Wildman–Crippen LogP) is 1.30.